The lowest BCUT2D eigenvalue weighted by Gasteiger charge is -2.31. The van der Waals surface area contributed by atoms with E-state index in [0.717, 1.165) is 6.42 Å². The number of nitriles is 1. The largest absolute Gasteiger partial charge is 0.480 e. The molecule has 17 heavy (non-hydrogen) atoms. The predicted octanol–water partition coefficient (Wildman–Crippen LogP) is 0.792. The normalized spacial score (nSPS) is 23.4. The van der Waals surface area contributed by atoms with Gasteiger partial charge < -0.3 is 10.0 Å². The highest BCUT2D eigenvalue weighted by Crippen LogP contribution is 2.32. The highest BCUT2D eigenvalue weighted by molar-refractivity contribution is 5.83. The van der Waals surface area contributed by atoms with E-state index in [9.17, 15) is 9.90 Å². The maximum atomic E-state index is 11.3. The van der Waals surface area contributed by atoms with E-state index in [1.807, 2.05) is 6.07 Å². The molecule has 1 aliphatic heterocycles. The summed E-state index contributed by atoms with van der Waals surface area (Å²) in [5.41, 5.74) is -0.701. The van der Waals surface area contributed by atoms with Crippen LogP contribution in [0.2, 0.25) is 0 Å². The third-order valence-corrected chi connectivity index (χ3v) is 3.13. The van der Waals surface area contributed by atoms with E-state index in [0.29, 0.717) is 18.8 Å². The first kappa shape index (κ1) is 11.3. The summed E-state index contributed by atoms with van der Waals surface area (Å²) in [5.74, 6) is -0.354. The van der Waals surface area contributed by atoms with Crippen LogP contribution in [-0.4, -0.2) is 33.1 Å². The van der Waals surface area contributed by atoms with Gasteiger partial charge in [-0.2, -0.15) is 5.26 Å². The van der Waals surface area contributed by atoms with Crippen molar-refractivity contribution in [1.29, 1.82) is 5.26 Å². The van der Waals surface area contributed by atoms with Crippen molar-refractivity contribution in [2.75, 3.05) is 11.4 Å². The van der Waals surface area contributed by atoms with E-state index in [4.69, 9.17) is 5.26 Å². The molecule has 6 heteroatoms. The van der Waals surface area contributed by atoms with Crippen LogP contribution in [0.15, 0.2) is 12.4 Å². The molecule has 6 nitrogen and oxygen atoms in total. The van der Waals surface area contributed by atoms with Gasteiger partial charge >= 0.3 is 5.97 Å². The monoisotopic (exact) mass is 232 g/mol. The second-order valence-electron chi connectivity index (χ2n) is 4.21. The molecule has 0 bridgehead atoms. The maximum Gasteiger partial charge on any atom is 0.329 e. The Bertz CT molecular complexity index is 479. The molecular weight excluding hydrogens is 220 g/mol. The Morgan fingerprint density at radius 3 is 2.88 bits per heavy atom. The fourth-order valence-corrected chi connectivity index (χ4v) is 2.07. The highest BCUT2D eigenvalue weighted by Gasteiger charge is 2.44. The summed E-state index contributed by atoms with van der Waals surface area (Å²) in [6.45, 7) is 2.32. The highest BCUT2D eigenvalue weighted by atomic mass is 16.4. The van der Waals surface area contributed by atoms with Crippen molar-refractivity contribution in [2.24, 2.45) is 0 Å². The first-order chi connectivity index (χ1) is 8.08. The molecule has 2 heterocycles. The van der Waals surface area contributed by atoms with E-state index >= 15 is 0 Å². The van der Waals surface area contributed by atoms with Crippen LogP contribution in [0, 0.1) is 11.3 Å². The second kappa shape index (κ2) is 4.01. The van der Waals surface area contributed by atoms with Gasteiger partial charge in [0.2, 0.25) is 0 Å². The Hall–Kier alpha value is -2.16. The van der Waals surface area contributed by atoms with E-state index < -0.39 is 11.5 Å². The lowest BCUT2D eigenvalue weighted by Crippen LogP contribution is -2.48. The first-order valence-electron chi connectivity index (χ1n) is 5.31. The number of carboxylic acids is 1. The van der Waals surface area contributed by atoms with Crippen LogP contribution in [-0.2, 0) is 4.79 Å². The van der Waals surface area contributed by atoms with Gasteiger partial charge in [0.25, 0.3) is 0 Å². The SMILES string of the molecule is CC1(C(=O)O)CCCN1c1cnc(C#N)cn1. The lowest BCUT2D eigenvalue weighted by atomic mass is 9.99. The van der Waals surface area contributed by atoms with Gasteiger partial charge in [-0.3, -0.25) is 0 Å². The molecule has 1 aromatic rings. The molecule has 1 atom stereocenters. The first-order valence-corrected chi connectivity index (χ1v) is 5.31. The zero-order valence-corrected chi connectivity index (χ0v) is 9.42. The molecule has 1 aliphatic rings. The third kappa shape index (κ3) is 1.80. The van der Waals surface area contributed by atoms with Crippen molar-refractivity contribution in [3.8, 4) is 6.07 Å². The van der Waals surface area contributed by atoms with Gasteiger partial charge in [0.15, 0.2) is 5.69 Å². The van der Waals surface area contributed by atoms with E-state index in [-0.39, 0.29) is 5.69 Å². The van der Waals surface area contributed by atoms with Crippen LogP contribution in [0.3, 0.4) is 0 Å². The number of carboxylic acid groups (broad SMARTS) is 1. The summed E-state index contributed by atoms with van der Waals surface area (Å²) in [4.78, 5) is 21.0. The number of aliphatic carboxylic acids is 1. The molecule has 2 rings (SSSR count). The summed E-state index contributed by atoms with van der Waals surface area (Å²) >= 11 is 0. The lowest BCUT2D eigenvalue weighted by molar-refractivity contribution is -0.142. The summed E-state index contributed by atoms with van der Waals surface area (Å²) in [5, 5.41) is 17.9. The average molecular weight is 232 g/mol. The number of nitrogens with zero attached hydrogens (tertiary/aromatic N) is 4. The Kier molecular flexibility index (Phi) is 2.68. The van der Waals surface area contributed by atoms with Gasteiger partial charge in [0.05, 0.1) is 12.4 Å². The van der Waals surface area contributed by atoms with E-state index in [2.05, 4.69) is 9.97 Å². The fourth-order valence-electron chi connectivity index (χ4n) is 2.07. The second-order valence-corrected chi connectivity index (χ2v) is 4.21. The van der Waals surface area contributed by atoms with Gasteiger partial charge in [-0.25, -0.2) is 14.8 Å². The third-order valence-electron chi connectivity index (χ3n) is 3.13. The molecule has 1 aromatic heterocycles. The van der Waals surface area contributed by atoms with Crippen molar-refractivity contribution < 1.29 is 9.90 Å². The fraction of sp³-hybridized carbons (Fsp3) is 0.455. The summed E-state index contributed by atoms with van der Waals surface area (Å²) in [6.07, 6.45) is 4.20. The Morgan fingerprint density at radius 1 is 1.59 bits per heavy atom. The number of rotatable bonds is 2. The molecule has 0 spiro atoms. The average Bonchev–Trinajstić information content (AvgIpc) is 2.73. The molecule has 0 aromatic carbocycles. The minimum Gasteiger partial charge on any atom is -0.480 e. The van der Waals surface area contributed by atoms with Gasteiger partial charge in [-0.05, 0) is 19.8 Å². The van der Waals surface area contributed by atoms with Gasteiger partial charge in [0, 0.05) is 6.54 Å². The number of hydrogen-bond donors (Lipinski definition) is 1. The zero-order chi connectivity index (χ0) is 12.5. The standard InChI is InChI=1S/C11H12N4O2/c1-11(10(16)17)3-2-4-15(11)9-7-13-8(5-12)6-14-9/h6-7H,2-4H2,1H3,(H,16,17). The number of anilines is 1. The van der Waals surface area contributed by atoms with Crippen molar-refractivity contribution in [3.05, 3.63) is 18.1 Å². The van der Waals surface area contributed by atoms with Gasteiger partial charge in [0.1, 0.15) is 17.4 Å². The van der Waals surface area contributed by atoms with Crippen LogP contribution in [0.1, 0.15) is 25.5 Å². The molecular formula is C11H12N4O2. The molecule has 0 radical (unpaired) electrons. The topological polar surface area (TPSA) is 90.1 Å². The molecule has 0 aliphatic carbocycles. The van der Waals surface area contributed by atoms with Crippen molar-refractivity contribution >= 4 is 11.8 Å². The minimum absolute atomic E-state index is 0.227. The van der Waals surface area contributed by atoms with E-state index in [1.54, 1.807) is 11.8 Å². The summed E-state index contributed by atoms with van der Waals surface area (Å²) in [7, 11) is 0. The van der Waals surface area contributed by atoms with Crippen LogP contribution >= 0.6 is 0 Å². The summed E-state index contributed by atoms with van der Waals surface area (Å²) < 4.78 is 0. The minimum atomic E-state index is -0.928. The predicted molar refractivity (Wildman–Crippen MR) is 59.4 cm³/mol. The quantitative estimate of drug-likeness (QED) is 0.810. The van der Waals surface area contributed by atoms with Gasteiger partial charge in [-0.1, -0.05) is 0 Å². The van der Waals surface area contributed by atoms with Gasteiger partial charge in [-0.15, -0.1) is 0 Å². The van der Waals surface area contributed by atoms with Crippen LogP contribution in [0.4, 0.5) is 5.82 Å². The molecule has 1 saturated heterocycles. The van der Waals surface area contributed by atoms with Crippen molar-refractivity contribution in [1.82, 2.24) is 9.97 Å². The van der Waals surface area contributed by atoms with Crippen molar-refractivity contribution in [2.45, 2.75) is 25.3 Å². The smallest absolute Gasteiger partial charge is 0.329 e. The van der Waals surface area contributed by atoms with Crippen LogP contribution in [0.25, 0.3) is 0 Å². The van der Waals surface area contributed by atoms with E-state index in [1.165, 1.54) is 12.4 Å². The van der Waals surface area contributed by atoms with Crippen LogP contribution < -0.4 is 4.90 Å². The Morgan fingerprint density at radius 2 is 2.35 bits per heavy atom. The molecule has 1 N–H and O–H groups in total. The molecule has 0 amide bonds. The molecule has 1 fully saturated rings. The number of aromatic nitrogens is 2. The molecule has 1 unspecified atom stereocenters. The Labute approximate surface area is 98.5 Å². The zero-order valence-electron chi connectivity index (χ0n) is 9.42. The maximum absolute atomic E-state index is 11.3. The van der Waals surface area contributed by atoms with Crippen molar-refractivity contribution in [3.63, 3.8) is 0 Å². The number of carbonyl (C=O) groups is 1. The Balaban J connectivity index is 2.33. The number of hydrogen-bond acceptors (Lipinski definition) is 5. The van der Waals surface area contributed by atoms with Crippen LogP contribution in [0.5, 0.6) is 0 Å². The molecule has 88 valence electrons. The molecule has 0 saturated carbocycles. The summed E-state index contributed by atoms with van der Waals surface area (Å²) in [6, 6.07) is 1.88.